The van der Waals surface area contributed by atoms with Crippen LogP contribution in [0.1, 0.15) is 31.4 Å². The van der Waals surface area contributed by atoms with Crippen molar-refractivity contribution in [2.24, 2.45) is 5.84 Å². The quantitative estimate of drug-likeness (QED) is 0.439. The summed E-state index contributed by atoms with van der Waals surface area (Å²) in [7, 11) is 0. The number of halogens is 2. The van der Waals surface area contributed by atoms with E-state index in [9.17, 15) is 8.78 Å². The van der Waals surface area contributed by atoms with Gasteiger partial charge in [0.25, 0.3) is 0 Å². The predicted octanol–water partition coefficient (Wildman–Crippen LogP) is 2.29. The second-order valence-corrected chi connectivity index (χ2v) is 3.72. The Kier molecular flexibility index (Phi) is 6.04. The molecule has 0 bridgehead atoms. The minimum atomic E-state index is -0.466. The van der Waals surface area contributed by atoms with Crippen molar-refractivity contribution in [3.8, 4) is 0 Å². The Balaban J connectivity index is 2.62. The van der Waals surface area contributed by atoms with Crippen molar-refractivity contribution in [2.75, 3.05) is 13.2 Å². The summed E-state index contributed by atoms with van der Waals surface area (Å²) in [5.74, 6) is 4.44. The van der Waals surface area contributed by atoms with E-state index in [1.807, 2.05) is 6.92 Å². The van der Waals surface area contributed by atoms with Crippen LogP contribution in [-0.4, -0.2) is 13.2 Å². The SMILES string of the molecule is CCOCCCC(NN)c1cc(F)ccc1F. The molecule has 0 amide bonds. The molecule has 5 heteroatoms. The average molecular weight is 244 g/mol. The van der Waals surface area contributed by atoms with E-state index in [2.05, 4.69) is 5.43 Å². The van der Waals surface area contributed by atoms with Crippen LogP contribution in [0, 0.1) is 11.6 Å². The van der Waals surface area contributed by atoms with E-state index in [4.69, 9.17) is 10.6 Å². The van der Waals surface area contributed by atoms with Gasteiger partial charge in [-0.1, -0.05) is 0 Å². The van der Waals surface area contributed by atoms with Crippen LogP contribution in [0.2, 0.25) is 0 Å². The highest BCUT2D eigenvalue weighted by Crippen LogP contribution is 2.21. The molecule has 0 aliphatic heterocycles. The summed E-state index contributed by atoms with van der Waals surface area (Å²) in [6.45, 7) is 3.14. The molecule has 1 aromatic carbocycles. The molecular weight excluding hydrogens is 226 g/mol. The molecule has 0 heterocycles. The number of hydrogen-bond donors (Lipinski definition) is 2. The third-order valence-electron chi connectivity index (χ3n) is 2.52. The molecule has 1 unspecified atom stereocenters. The minimum Gasteiger partial charge on any atom is -0.382 e. The van der Waals surface area contributed by atoms with Crippen LogP contribution in [0.3, 0.4) is 0 Å². The van der Waals surface area contributed by atoms with Crippen molar-refractivity contribution >= 4 is 0 Å². The zero-order chi connectivity index (χ0) is 12.7. The fraction of sp³-hybridized carbons (Fsp3) is 0.500. The summed E-state index contributed by atoms with van der Waals surface area (Å²) >= 11 is 0. The van der Waals surface area contributed by atoms with Gasteiger partial charge in [0.05, 0.1) is 0 Å². The molecule has 1 aromatic rings. The van der Waals surface area contributed by atoms with Crippen LogP contribution in [0.25, 0.3) is 0 Å². The summed E-state index contributed by atoms with van der Waals surface area (Å²) in [6, 6.07) is 2.97. The van der Waals surface area contributed by atoms with E-state index in [1.165, 1.54) is 6.07 Å². The molecule has 0 saturated carbocycles. The molecule has 3 N–H and O–H groups in total. The van der Waals surface area contributed by atoms with Crippen LogP contribution < -0.4 is 11.3 Å². The summed E-state index contributed by atoms with van der Waals surface area (Å²) < 4.78 is 31.7. The topological polar surface area (TPSA) is 47.3 Å². The molecule has 96 valence electrons. The maximum absolute atomic E-state index is 13.5. The molecule has 17 heavy (non-hydrogen) atoms. The van der Waals surface area contributed by atoms with Gasteiger partial charge < -0.3 is 4.74 Å². The highest BCUT2D eigenvalue weighted by Gasteiger charge is 2.14. The van der Waals surface area contributed by atoms with Gasteiger partial charge in [0.2, 0.25) is 0 Å². The van der Waals surface area contributed by atoms with E-state index in [0.717, 1.165) is 18.6 Å². The zero-order valence-corrected chi connectivity index (χ0v) is 9.88. The van der Waals surface area contributed by atoms with Gasteiger partial charge in [0, 0.05) is 24.8 Å². The first-order valence-corrected chi connectivity index (χ1v) is 5.67. The Labute approximate surface area is 99.9 Å². The molecule has 0 saturated heterocycles. The van der Waals surface area contributed by atoms with Gasteiger partial charge in [-0.05, 0) is 38.0 Å². The first kappa shape index (κ1) is 14.0. The summed E-state index contributed by atoms with van der Waals surface area (Å²) in [6.07, 6.45) is 1.33. The zero-order valence-electron chi connectivity index (χ0n) is 9.88. The van der Waals surface area contributed by atoms with Gasteiger partial charge in [0.1, 0.15) is 11.6 Å². The first-order valence-electron chi connectivity index (χ1n) is 5.67. The average Bonchev–Trinajstić information content (AvgIpc) is 2.33. The Morgan fingerprint density at radius 2 is 2.18 bits per heavy atom. The fourth-order valence-corrected chi connectivity index (χ4v) is 1.64. The number of nitrogens with one attached hydrogen (secondary N) is 1. The summed E-state index contributed by atoms with van der Waals surface area (Å²) in [4.78, 5) is 0. The van der Waals surface area contributed by atoms with Crippen LogP contribution >= 0.6 is 0 Å². The molecular formula is C12H18F2N2O. The second-order valence-electron chi connectivity index (χ2n) is 3.72. The first-order chi connectivity index (χ1) is 8.19. The van der Waals surface area contributed by atoms with Gasteiger partial charge >= 0.3 is 0 Å². The third-order valence-corrected chi connectivity index (χ3v) is 2.52. The fourth-order valence-electron chi connectivity index (χ4n) is 1.64. The highest BCUT2D eigenvalue weighted by atomic mass is 19.1. The number of nitrogens with two attached hydrogens (primary N) is 1. The Morgan fingerprint density at radius 3 is 2.82 bits per heavy atom. The molecule has 1 atom stereocenters. The number of hydrazine groups is 1. The number of hydrogen-bond acceptors (Lipinski definition) is 3. The second kappa shape index (κ2) is 7.32. The normalized spacial score (nSPS) is 12.7. The summed E-state index contributed by atoms with van der Waals surface area (Å²) in [5.41, 5.74) is 2.75. The van der Waals surface area contributed by atoms with Gasteiger partial charge in [0.15, 0.2) is 0 Å². The van der Waals surface area contributed by atoms with Gasteiger partial charge in [-0.2, -0.15) is 0 Å². The van der Waals surface area contributed by atoms with Crippen molar-refractivity contribution in [3.05, 3.63) is 35.4 Å². The number of ether oxygens (including phenoxy) is 1. The lowest BCUT2D eigenvalue weighted by Gasteiger charge is -2.17. The minimum absolute atomic E-state index is 0.254. The van der Waals surface area contributed by atoms with Gasteiger partial charge in [-0.3, -0.25) is 11.3 Å². The van der Waals surface area contributed by atoms with Crippen LogP contribution in [0.15, 0.2) is 18.2 Å². The van der Waals surface area contributed by atoms with Crippen molar-refractivity contribution in [1.29, 1.82) is 0 Å². The lowest BCUT2D eigenvalue weighted by molar-refractivity contribution is 0.140. The summed E-state index contributed by atoms with van der Waals surface area (Å²) in [5, 5.41) is 0. The van der Waals surface area contributed by atoms with Crippen LogP contribution in [0.4, 0.5) is 8.78 Å². The molecule has 0 fully saturated rings. The highest BCUT2D eigenvalue weighted by molar-refractivity contribution is 5.22. The van der Waals surface area contributed by atoms with Crippen LogP contribution in [0.5, 0.6) is 0 Å². The molecule has 3 nitrogen and oxygen atoms in total. The smallest absolute Gasteiger partial charge is 0.128 e. The standard InChI is InChI=1S/C12H18F2N2O/c1-2-17-7-3-4-12(16-15)10-8-9(13)5-6-11(10)14/h5-6,8,12,16H,2-4,7,15H2,1H3. The van der Waals surface area contributed by atoms with E-state index >= 15 is 0 Å². The lowest BCUT2D eigenvalue weighted by atomic mass is 10.0. The van der Waals surface area contributed by atoms with Gasteiger partial charge in [-0.25, -0.2) is 8.78 Å². The van der Waals surface area contributed by atoms with E-state index in [1.54, 1.807) is 0 Å². The van der Waals surface area contributed by atoms with E-state index in [-0.39, 0.29) is 5.56 Å². The molecule has 0 aromatic heterocycles. The van der Waals surface area contributed by atoms with Crippen molar-refractivity contribution in [2.45, 2.75) is 25.8 Å². The monoisotopic (exact) mass is 244 g/mol. The maximum Gasteiger partial charge on any atom is 0.128 e. The van der Waals surface area contributed by atoms with Crippen molar-refractivity contribution in [1.82, 2.24) is 5.43 Å². The molecule has 0 aliphatic rings. The van der Waals surface area contributed by atoms with Crippen molar-refractivity contribution < 1.29 is 13.5 Å². The molecule has 0 aliphatic carbocycles. The lowest BCUT2D eigenvalue weighted by Crippen LogP contribution is -2.29. The molecule has 0 spiro atoms. The molecule has 1 rings (SSSR count). The third kappa shape index (κ3) is 4.38. The Hall–Kier alpha value is -1.04. The van der Waals surface area contributed by atoms with E-state index < -0.39 is 17.7 Å². The molecule has 0 radical (unpaired) electrons. The van der Waals surface area contributed by atoms with Crippen molar-refractivity contribution in [3.63, 3.8) is 0 Å². The Morgan fingerprint density at radius 1 is 1.41 bits per heavy atom. The van der Waals surface area contributed by atoms with Crippen LogP contribution in [-0.2, 0) is 4.74 Å². The Bertz CT molecular complexity index is 347. The van der Waals surface area contributed by atoms with Gasteiger partial charge in [-0.15, -0.1) is 0 Å². The number of rotatable bonds is 7. The predicted molar refractivity (Wildman–Crippen MR) is 62.1 cm³/mol. The van der Waals surface area contributed by atoms with E-state index in [0.29, 0.717) is 19.6 Å². The maximum atomic E-state index is 13.5. The number of benzene rings is 1. The largest absolute Gasteiger partial charge is 0.382 e.